The van der Waals surface area contributed by atoms with Crippen molar-refractivity contribution in [2.45, 2.75) is 19.8 Å². The second-order valence-corrected chi connectivity index (χ2v) is 5.63. The number of hydrogen-bond donors (Lipinski definition) is 0. The molecule has 21 heavy (non-hydrogen) atoms. The molecule has 2 aliphatic heterocycles. The average molecular weight is 293 g/mol. The van der Waals surface area contributed by atoms with E-state index < -0.39 is 0 Å². The molecule has 0 aliphatic carbocycles. The molecular weight excluding hydrogens is 270 g/mol. The summed E-state index contributed by atoms with van der Waals surface area (Å²) in [6.07, 6.45) is 2.83. The lowest BCUT2D eigenvalue weighted by Crippen LogP contribution is -2.53. The summed E-state index contributed by atoms with van der Waals surface area (Å²) in [5, 5.41) is 0. The molecule has 3 amide bonds. The van der Waals surface area contributed by atoms with Crippen LogP contribution in [0.2, 0.25) is 0 Å². The summed E-state index contributed by atoms with van der Waals surface area (Å²) in [5.41, 5.74) is 0. The highest BCUT2D eigenvalue weighted by Crippen LogP contribution is 2.21. The molecule has 0 spiro atoms. The van der Waals surface area contributed by atoms with Crippen LogP contribution in [-0.4, -0.2) is 71.7 Å². The molecule has 6 heteroatoms. The van der Waals surface area contributed by atoms with Gasteiger partial charge in [-0.15, -0.1) is 6.58 Å². The summed E-state index contributed by atoms with van der Waals surface area (Å²) in [7, 11) is 0. The summed E-state index contributed by atoms with van der Waals surface area (Å²) in [6.45, 7) is 8.61. The quantitative estimate of drug-likeness (QED) is 0.676. The Morgan fingerprint density at radius 1 is 1.29 bits per heavy atom. The number of rotatable bonds is 5. The summed E-state index contributed by atoms with van der Waals surface area (Å²) >= 11 is 0. The lowest BCUT2D eigenvalue weighted by Gasteiger charge is -2.35. The van der Waals surface area contributed by atoms with E-state index in [1.807, 2.05) is 6.92 Å². The van der Waals surface area contributed by atoms with Crippen molar-refractivity contribution in [1.82, 2.24) is 14.7 Å². The highest BCUT2D eigenvalue weighted by Gasteiger charge is 2.37. The molecule has 2 aliphatic rings. The van der Waals surface area contributed by atoms with Gasteiger partial charge in [-0.25, -0.2) is 0 Å². The molecule has 0 radical (unpaired) electrons. The van der Waals surface area contributed by atoms with Crippen LogP contribution in [0.25, 0.3) is 0 Å². The van der Waals surface area contributed by atoms with Gasteiger partial charge in [0, 0.05) is 39.1 Å². The normalized spacial score (nSPS) is 22.9. The first kappa shape index (κ1) is 15.5. The number of carbonyl (C=O) groups is 3. The summed E-state index contributed by atoms with van der Waals surface area (Å²) in [5.74, 6) is -0.393. The number of hydrogen-bond acceptors (Lipinski definition) is 3. The van der Waals surface area contributed by atoms with Crippen molar-refractivity contribution in [3.63, 3.8) is 0 Å². The molecule has 116 valence electrons. The Hall–Kier alpha value is -1.85. The van der Waals surface area contributed by atoms with Crippen LogP contribution in [-0.2, 0) is 14.4 Å². The molecule has 1 atom stereocenters. The average Bonchev–Trinajstić information content (AvgIpc) is 2.82. The zero-order valence-electron chi connectivity index (χ0n) is 12.6. The Kier molecular flexibility index (Phi) is 4.98. The third-order valence-electron chi connectivity index (χ3n) is 4.04. The summed E-state index contributed by atoms with van der Waals surface area (Å²) < 4.78 is 0. The fraction of sp³-hybridized carbons (Fsp3) is 0.667. The molecule has 0 aromatic rings. The van der Waals surface area contributed by atoms with Gasteiger partial charge >= 0.3 is 0 Å². The van der Waals surface area contributed by atoms with Crippen LogP contribution in [0.4, 0.5) is 0 Å². The second-order valence-electron chi connectivity index (χ2n) is 5.63. The largest absolute Gasteiger partial charge is 0.339 e. The molecule has 2 fully saturated rings. The van der Waals surface area contributed by atoms with Crippen LogP contribution in [0.15, 0.2) is 12.7 Å². The van der Waals surface area contributed by atoms with Gasteiger partial charge in [0.15, 0.2) is 0 Å². The van der Waals surface area contributed by atoms with Gasteiger partial charge in [-0.2, -0.15) is 0 Å². The molecule has 2 heterocycles. The van der Waals surface area contributed by atoms with E-state index >= 15 is 0 Å². The molecule has 0 bridgehead atoms. The van der Waals surface area contributed by atoms with Crippen molar-refractivity contribution < 1.29 is 14.4 Å². The molecule has 6 nitrogen and oxygen atoms in total. The van der Waals surface area contributed by atoms with Crippen LogP contribution in [0, 0.1) is 5.92 Å². The van der Waals surface area contributed by atoms with Crippen LogP contribution in [0.3, 0.4) is 0 Å². The van der Waals surface area contributed by atoms with Crippen molar-refractivity contribution in [2.75, 3.05) is 39.3 Å². The Labute approximate surface area is 125 Å². The van der Waals surface area contributed by atoms with Gasteiger partial charge in [0.05, 0.1) is 12.5 Å². The first-order valence-corrected chi connectivity index (χ1v) is 7.52. The number of amides is 3. The maximum atomic E-state index is 12.5. The molecule has 0 aromatic carbocycles. The van der Waals surface area contributed by atoms with Gasteiger partial charge in [0.2, 0.25) is 17.7 Å². The third kappa shape index (κ3) is 3.43. The Morgan fingerprint density at radius 3 is 2.67 bits per heavy atom. The van der Waals surface area contributed by atoms with Gasteiger partial charge < -0.3 is 14.7 Å². The molecule has 2 saturated heterocycles. The van der Waals surface area contributed by atoms with Crippen molar-refractivity contribution in [2.24, 2.45) is 5.92 Å². The molecule has 0 unspecified atom stereocenters. The fourth-order valence-corrected chi connectivity index (χ4v) is 2.93. The number of likely N-dealkylation sites (tertiary alicyclic amines) is 1. The minimum absolute atomic E-state index is 0.00345. The van der Waals surface area contributed by atoms with E-state index in [1.54, 1.807) is 20.8 Å². The first-order valence-electron chi connectivity index (χ1n) is 7.52. The van der Waals surface area contributed by atoms with Gasteiger partial charge in [-0.1, -0.05) is 13.0 Å². The molecular formula is C15H23N3O3. The number of nitrogens with zero attached hydrogens (tertiary/aromatic N) is 3. The molecule has 0 N–H and O–H groups in total. The zero-order valence-corrected chi connectivity index (χ0v) is 12.6. The Balaban J connectivity index is 1.91. The minimum atomic E-state index is -0.317. The highest BCUT2D eigenvalue weighted by atomic mass is 16.2. The lowest BCUT2D eigenvalue weighted by atomic mass is 10.1. The minimum Gasteiger partial charge on any atom is -0.339 e. The maximum absolute atomic E-state index is 12.5. The third-order valence-corrected chi connectivity index (χ3v) is 4.04. The smallest absolute Gasteiger partial charge is 0.242 e. The number of carbonyl (C=O) groups excluding carboxylic acids is 3. The van der Waals surface area contributed by atoms with Gasteiger partial charge in [0.25, 0.3) is 0 Å². The van der Waals surface area contributed by atoms with Crippen molar-refractivity contribution in [1.29, 1.82) is 0 Å². The summed E-state index contributed by atoms with van der Waals surface area (Å²) in [6, 6.07) is 0. The van der Waals surface area contributed by atoms with Crippen LogP contribution >= 0.6 is 0 Å². The molecule has 0 saturated carbocycles. The Bertz CT molecular complexity index is 449. The fourth-order valence-electron chi connectivity index (χ4n) is 2.93. The van der Waals surface area contributed by atoms with Crippen LogP contribution in [0.5, 0.6) is 0 Å². The SMILES string of the molecule is C=CCN1C[C@H](C(=O)N2CCN(CCC)C(=O)C2)CC1=O. The van der Waals surface area contributed by atoms with E-state index in [2.05, 4.69) is 6.58 Å². The molecule has 0 aromatic heterocycles. The van der Waals surface area contributed by atoms with Crippen molar-refractivity contribution in [3.05, 3.63) is 12.7 Å². The van der Waals surface area contributed by atoms with Gasteiger partial charge in [-0.3, -0.25) is 14.4 Å². The van der Waals surface area contributed by atoms with Crippen LogP contribution < -0.4 is 0 Å². The topological polar surface area (TPSA) is 60.9 Å². The van der Waals surface area contributed by atoms with E-state index in [0.29, 0.717) is 26.2 Å². The Morgan fingerprint density at radius 2 is 2.05 bits per heavy atom. The van der Waals surface area contributed by atoms with Crippen molar-refractivity contribution >= 4 is 17.7 Å². The van der Waals surface area contributed by atoms with Crippen LogP contribution in [0.1, 0.15) is 19.8 Å². The zero-order chi connectivity index (χ0) is 15.4. The lowest BCUT2D eigenvalue weighted by molar-refractivity contribution is -0.147. The monoisotopic (exact) mass is 293 g/mol. The van der Waals surface area contributed by atoms with Gasteiger partial charge in [0.1, 0.15) is 0 Å². The maximum Gasteiger partial charge on any atom is 0.242 e. The van der Waals surface area contributed by atoms with E-state index in [1.165, 1.54) is 0 Å². The molecule has 2 rings (SSSR count). The van der Waals surface area contributed by atoms with E-state index in [9.17, 15) is 14.4 Å². The first-order chi connectivity index (χ1) is 10.1. The predicted octanol–water partition coefficient (Wildman–Crippen LogP) is 0.102. The number of piperazine rings is 1. The summed E-state index contributed by atoms with van der Waals surface area (Å²) in [4.78, 5) is 41.3. The standard InChI is InChI=1S/C15H23N3O3/c1-3-5-16-7-8-18(11-14(16)20)15(21)12-9-13(19)17(10-12)6-4-2/h4,12H,2-3,5-11H2,1H3/t12-/m1/s1. The van der Waals surface area contributed by atoms with Gasteiger partial charge in [-0.05, 0) is 6.42 Å². The second kappa shape index (κ2) is 6.74. The van der Waals surface area contributed by atoms with E-state index in [4.69, 9.17) is 0 Å². The highest BCUT2D eigenvalue weighted by molar-refractivity contribution is 5.92. The van der Waals surface area contributed by atoms with E-state index in [0.717, 1.165) is 13.0 Å². The predicted molar refractivity (Wildman–Crippen MR) is 78.3 cm³/mol. The van der Waals surface area contributed by atoms with Crippen molar-refractivity contribution in [3.8, 4) is 0 Å². The van der Waals surface area contributed by atoms with E-state index in [-0.39, 0.29) is 36.6 Å².